The Morgan fingerprint density at radius 2 is 1.45 bits per heavy atom. The number of carboxylic acid groups (broad SMARTS) is 1. The lowest BCUT2D eigenvalue weighted by Crippen LogP contribution is -2.33. The van der Waals surface area contributed by atoms with E-state index in [2.05, 4.69) is 12.2 Å². The number of carbonyl (C=O) groups is 3. The van der Waals surface area contributed by atoms with Gasteiger partial charge in [-0.05, 0) is 72.1 Å². The van der Waals surface area contributed by atoms with Gasteiger partial charge in [0.2, 0.25) is 5.91 Å². The highest BCUT2D eigenvalue weighted by atomic mass is 19.4. The highest BCUT2D eigenvalue weighted by molar-refractivity contribution is 5.92. The predicted molar refractivity (Wildman–Crippen MR) is 198 cm³/mol. The fourth-order valence-corrected chi connectivity index (χ4v) is 5.72. The van der Waals surface area contributed by atoms with Crippen LogP contribution < -0.4 is 24.3 Å². The van der Waals surface area contributed by atoms with Gasteiger partial charge in [-0.2, -0.15) is 13.2 Å². The molecule has 294 valence electrons. The fourth-order valence-electron chi connectivity index (χ4n) is 5.72. The van der Waals surface area contributed by atoms with Gasteiger partial charge in [-0.25, -0.2) is 4.79 Å². The van der Waals surface area contributed by atoms with Crippen LogP contribution in [0.4, 0.5) is 18.9 Å². The number of carboxylic acids is 1. The molecule has 0 aliphatic heterocycles. The summed E-state index contributed by atoms with van der Waals surface area (Å²) >= 11 is 0. The Hall–Kier alpha value is -5.60. The van der Waals surface area contributed by atoms with E-state index in [4.69, 9.17) is 18.9 Å². The molecule has 0 saturated heterocycles. The summed E-state index contributed by atoms with van der Waals surface area (Å²) in [6.45, 7) is 2.10. The van der Waals surface area contributed by atoms with Crippen molar-refractivity contribution in [1.82, 2.24) is 4.90 Å². The third-order valence-electron chi connectivity index (χ3n) is 8.60. The normalized spacial score (nSPS) is 11.9. The summed E-state index contributed by atoms with van der Waals surface area (Å²) in [6, 6.07) is 20.4. The van der Waals surface area contributed by atoms with Crippen LogP contribution in [0.15, 0.2) is 84.9 Å². The first-order chi connectivity index (χ1) is 26.3. The largest absolute Gasteiger partial charge is 0.497 e. The van der Waals surface area contributed by atoms with Crippen LogP contribution in [0, 0.1) is 0 Å². The van der Waals surface area contributed by atoms with Crippen LogP contribution in [-0.2, 0) is 28.7 Å². The van der Waals surface area contributed by atoms with Gasteiger partial charge in [-0.1, -0.05) is 56.9 Å². The second kappa shape index (κ2) is 20.2. The van der Waals surface area contributed by atoms with Crippen molar-refractivity contribution < 1.29 is 56.7 Å². The number of alkyl halides is 3. The molecule has 0 saturated carbocycles. The molecule has 14 heteroatoms. The van der Waals surface area contributed by atoms with Crippen molar-refractivity contribution in [3.05, 3.63) is 113 Å². The molecule has 1 unspecified atom stereocenters. The quantitative estimate of drug-likeness (QED) is 0.0350. The van der Waals surface area contributed by atoms with Crippen molar-refractivity contribution in [2.45, 2.75) is 64.4 Å². The maximum absolute atomic E-state index is 13.6. The molecule has 0 heterocycles. The lowest BCUT2D eigenvalue weighted by molar-refractivity contribution is -0.142. The molecular formula is C41H45F3N2O9. The third-order valence-corrected chi connectivity index (χ3v) is 8.60. The van der Waals surface area contributed by atoms with E-state index in [1.807, 2.05) is 0 Å². The molecular weight excluding hydrogens is 721 g/mol. The van der Waals surface area contributed by atoms with E-state index >= 15 is 0 Å². The Kier molecular flexibility index (Phi) is 15.5. The molecule has 0 fully saturated rings. The summed E-state index contributed by atoms with van der Waals surface area (Å²) in [7, 11) is 2.64. The number of halogens is 3. The van der Waals surface area contributed by atoms with Gasteiger partial charge in [-0.3, -0.25) is 14.5 Å². The Morgan fingerprint density at radius 3 is 2.09 bits per heavy atom. The van der Waals surface area contributed by atoms with Gasteiger partial charge >= 0.3 is 18.1 Å². The lowest BCUT2D eigenvalue weighted by Gasteiger charge is -2.27. The van der Waals surface area contributed by atoms with E-state index in [1.54, 1.807) is 30.3 Å². The molecule has 0 aliphatic rings. The number of hydrogen-bond acceptors (Lipinski definition) is 9. The van der Waals surface area contributed by atoms with Crippen LogP contribution >= 0.6 is 0 Å². The number of amides is 1. The Bertz CT molecular complexity index is 1880. The van der Waals surface area contributed by atoms with Crippen molar-refractivity contribution in [3.63, 3.8) is 0 Å². The summed E-state index contributed by atoms with van der Waals surface area (Å²) in [5, 5.41) is 23.4. The van der Waals surface area contributed by atoms with Gasteiger partial charge in [0.05, 0.1) is 44.9 Å². The van der Waals surface area contributed by atoms with E-state index in [0.717, 1.165) is 18.9 Å². The summed E-state index contributed by atoms with van der Waals surface area (Å²) in [4.78, 5) is 38.6. The van der Waals surface area contributed by atoms with Gasteiger partial charge in [0.15, 0.2) is 0 Å². The maximum Gasteiger partial charge on any atom is 0.416 e. The fraction of sp³-hybridized carbons (Fsp3) is 0.341. The number of anilines is 1. The molecule has 0 aliphatic carbocycles. The predicted octanol–water partition coefficient (Wildman–Crippen LogP) is 8.05. The van der Waals surface area contributed by atoms with Gasteiger partial charge < -0.3 is 34.5 Å². The van der Waals surface area contributed by atoms with Crippen molar-refractivity contribution in [1.29, 1.82) is 0 Å². The van der Waals surface area contributed by atoms with Crippen molar-refractivity contribution in [2.24, 2.45) is 0 Å². The molecule has 3 N–H and O–H groups in total. The average molecular weight is 767 g/mol. The van der Waals surface area contributed by atoms with Crippen LogP contribution in [-0.4, -0.2) is 60.3 Å². The minimum absolute atomic E-state index is 0.00539. The topological polar surface area (TPSA) is 144 Å². The number of aliphatic hydroxyl groups excluding tert-OH is 1. The van der Waals surface area contributed by atoms with Gasteiger partial charge in [0.25, 0.3) is 0 Å². The van der Waals surface area contributed by atoms with Gasteiger partial charge in [-0.15, -0.1) is 0 Å². The number of aliphatic hydroxyl groups is 1. The summed E-state index contributed by atoms with van der Waals surface area (Å²) in [5.41, 5.74) is 0.107. The molecule has 1 atom stereocenters. The van der Waals surface area contributed by atoms with E-state index in [0.29, 0.717) is 23.5 Å². The number of carbonyl (C=O) groups excluding carboxylic acids is 2. The number of benzene rings is 4. The molecule has 11 nitrogen and oxygen atoms in total. The number of ether oxygens (including phenoxy) is 4. The number of hydrogen-bond donors (Lipinski definition) is 3. The number of nitrogens with zero attached hydrogens (tertiary/aromatic N) is 1. The number of nitrogens with one attached hydrogen (secondary N) is 1. The van der Waals surface area contributed by atoms with E-state index in [9.17, 15) is 37.8 Å². The first-order valence-electron chi connectivity index (χ1n) is 17.7. The Labute approximate surface area is 317 Å². The Morgan fingerprint density at radius 1 is 0.800 bits per heavy atom. The number of aliphatic carboxylic acids is 1. The van der Waals surface area contributed by atoms with Crippen molar-refractivity contribution in [3.8, 4) is 23.0 Å². The number of rotatable bonds is 20. The zero-order valence-electron chi connectivity index (χ0n) is 30.9. The van der Waals surface area contributed by atoms with Crippen LogP contribution in [0.25, 0.3) is 0 Å². The number of esters is 1. The summed E-state index contributed by atoms with van der Waals surface area (Å²) in [6.07, 6.45) is -1.06. The molecule has 55 heavy (non-hydrogen) atoms. The van der Waals surface area contributed by atoms with Gasteiger partial charge in [0, 0.05) is 23.9 Å². The molecule has 1 amide bonds. The zero-order valence-corrected chi connectivity index (χ0v) is 30.9. The molecule has 4 aromatic carbocycles. The second-order valence-corrected chi connectivity index (χ2v) is 12.7. The first-order valence-corrected chi connectivity index (χ1v) is 17.7. The van der Waals surface area contributed by atoms with Crippen LogP contribution in [0.3, 0.4) is 0 Å². The van der Waals surface area contributed by atoms with Crippen molar-refractivity contribution >= 4 is 23.5 Å². The minimum Gasteiger partial charge on any atom is -0.497 e. The number of methoxy groups -OCH3 is 2. The van der Waals surface area contributed by atoms with Crippen LogP contribution in [0.5, 0.6) is 23.0 Å². The van der Waals surface area contributed by atoms with Crippen LogP contribution in [0.2, 0.25) is 0 Å². The van der Waals surface area contributed by atoms with Crippen molar-refractivity contribution in [2.75, 3.05) is 32.7 Å². The Balaban J connectivity index is 1.38. The molecule has 0 aromatic heterocycles. The maximum atomic E-state index is 13.6. The standard InChI is InChI=1S/C41H45F3N2O9/c1-4-5-6-7-8-21-54-32-17-11-28(12-18-32)40(51)55-34-20-14-30(36(24-34)53-3)25-46(26-38(48)49)39(50)27-9-15-31(16-10-27)45-37(47)22-29-13-19-33(52-2)23-35(29)41(42,43)44/h9-20,23-24,39,50H,4-8,21-22,25-26H2,1-3H3,(H,45,47)(H,48,49). The minimum atomic E-state index is -4.70. The third kappa shape index (κ3) is 12.8. The molecule has 0 bridgehead atoms. The second-order valence-electron chi connectivity index (χ2n) is 12.7. The van der Waals surface area contributed by atoms with E-state index < -0.39 is 48.8 Å². The molecule has 4 aromatic rings. The molecule has 0 radical (unpaired) electrons. The summed E-state index contributed by atoms with van der Waals surface area (Å²) < 4.78 is 62.5. The lowest BCUT2D eigenvalue weighted by atomic mass is 10.0. The SMILES string of the molecule is CCCCCCCOc1ccc(C(=O)Oc2ccc(CN(CC(=O)O)C(O)c3ccc(NC(=O)Cc4ccc(OC)cc4C(F)(F)F)cc3)c(OC)c2)cc1. The van der Waals surface area contributed by atoms with Crippen LogP contribution in [0.1, 0.15) is 77.9 Å². The average Bonchev–Trinajstić information content (AvgIpc) is 3.16. The van der Waals surface area contributed by atoms with E-state index in [1.165, 1.54) is 86.9 Å². The van der Waals surface area contributed by atoms with Gasteiger partial charge in [0.1, 0.15) is 29.2 Å². The molecule has 4 rings (SSSR count). The first kappa shape index (κ1) is 42.1. The molecule has 0 spiro atoms. The monoisotopic (exact) mass is 766 g/mol. The smallest absolute Gasteiger partial charge is 0.416 e. The number of unbranched alkanes of at least 4 members (excludes halogenated alkanes) is 4. The highest BCUT2D eigenvalue weighted by Crippen LogP contribution is 2.35. The highest BCUT2D eigenvalue weighted by Gasteiger charge is 2.34. The summed E-state index contributed by atoms with van der Waals surface area (Å²) in [5.74, 6) is -1.40. The zero-order chi connectivity index (χ0) is 40.0. The van der Waals surface area contributed by atoms with E-state index in [-0.39, 0.29) is 40.6 Å².